The number of hydrogen-bond donors (Lipinski definition) is 1. The largest absolute Gasteiger partial charge is 0.310 e. The Morgan fingerprint density at radius 1 is 1.21 bits per heavy atom. The fourth-order valence-electron chi connectivity index (χ4n) is 1.55. The summed E-state index contributed by atoms with van der Waals surface area (Å²) in [6.45, 7) is 4.09. The van der Waals surface area contributed by atoms with Gasteiger partial charge < -0.3 is 5.32 Å². The second-order valence-electron chi connectivity index (χ2n) is 3.74. The van der Waals surface area contributed by atoms with Crippen molar-refractivity contribution in [3.63, 3.8) is 0 Å². The van der Waals surface area contributed by atoms with E-state index in [2.05, 4.69) is 5.32 Å². The molecule has 2 heteroatoms. The molecule has 0 unspecified atom stereocenters. The van der Waals surface area contributed by atoms with Crippen LogP contribution in [0, 0.1) is 5.92 Å². The number of ketones is 1. The van der Waals surface area contributed by atoms with Gasteiger partial charge in [-0.25, -0.2) is 0 Å². The third-order valence-electron chi connectivity index (χ3n) is 2.32. The van der Waals surface area contributed by atoms with Gasteiger partial charge in [0.05, 0.1) is 6.04 Å². The fraction of sp³-hybridized carbons (Fsp3) is 0.417. The molecule has 1 atom stereocenters. The molecule has 1 aromatic carbocycles. The Balaban J connectivity index is 2.84. The summed E-state index contributed by atoms with van der Waals surface area (Å²) in [5.41, 5.74) is 0.778. The van der Waals surface area contributed by atoms with Gasteiger partial charge in [0.15, 0.2) is 5.78 Å². The molecule has 0 amide bonds. The molecule has 76 valence electrons. The third kappa shape index (κ3) is 2.42. The Labute approximate surface area is 85.3 Å². The van der Waals surface area contributed by atoms with Crippen LogP contribution in [0.25, 0.3) is 0 Å². The van der Waals surface area contributed by atoms with E-state index in [4.69, 9.17) is 0 Å². The highest BCUT2D eigenvalue weighted by atomic mass is 16.1. The average molecular weight is 191 g/mol. The zero-order valence-corrected chi connectivity index (χ0v) is 8.95. The van der Waals surface area contributed by atoms with Gasteiger partial charge in [-0.2, -0.15) is 0 Å². The predicted octanol–water partition coefficient (Wildman–Crippen LogP) is 2.11. The Kier molecular flexibility index (Phi) is 3.84. The maximum absolute atomic E-state index is 12.0. The lowest BCUT2D eigenvalue weighted by molar-refractivity contribution is 0.0922. The molecular formula is C12H17NO. The molecule has 0 fully saturated rings. The van der Waals surface area contributed by atoms with E-state index >= 15 is 0 Å². The first-order valence-electron chi connectivity index (χ1n) is 4.93. The molecule has 2 nitrogen and oxygen atoms in total. The van der Waals surface area contributed by atoms with Crippen molar-refractivity contribution in [1.82, 2.24) is 5.32 Å². The molecular weight excluding hydrogens is 174 g/mol. The lowest BCUT2D eigenvalue weighted by Gasteiger charge is -2.18. The van der Waals surface area contributed by atoms with Crippen molar-refractivity contribution >= 4 is 5.78 Å². The monoisotopic (exact) mass is 191 g/mol. The standard InChI is InChI=1S/C12H17NO/c1-9(2)11(13-3)12(14)10-7-5-4-6-8-10/h4-9,11,13H,1-3H3/t11-/m0/s1. The minimum atomic E-state index is -0.0857. The van der Waals surface area contributed by atoms with Crippen LogP contribution >= 0.6 is 0 Å². The first kappa shape index (κ1) is 10.9. The fourth-order valence-corrected chi connectivity index (χ4v) is 1.55. The minimum Gasteiger partial charge on any atom is -0.310 e. The second-order valence-corrected chi connectivity index (χ2v) is 3.74. The first-order chi connectivity index (χ1) is 6.66. The Bertz CT molecular complexity index is 292. The van der Waals surface area contributed by atoms with E-state index in [1.807, 2.05) is 51.2 Å². The molecule has 0 aromatic heterocycles. The Morgan fingerprint density at radius 2 is 1.79 bits per heavy atom. The molecule has 0 aliphatic heterocycles. The van der Waals surface area contributed by atoms with Crippen molar-refractivity contribution in [2.24, 2.45) is 5.92 Å². The van der Waals surface area contributed by atoms with Gasteiger partial charge in [0.1, 0.15) is 0 Å². The van der Waals surface area contributed by atoms with Crippen LogP contribution in [0.4, 0.5) is 0 Å². The van der Waals surface area contributed by atoms with Crippen LogP contribution in [0.3, 0.4) is 0 Å². The quantitative estimate of drug-likeness (QED) is 0.738. The predicted molar refractivity (Wildman–Crippen MR) is 58.5 cm³/mol. The van der Waals surface area contributed by atoms with Gasteiger partial charge in [0.2, 0.25) is 0 Å². The van der Waals surface area contributed by atoms with Gasteiger partial charge >= 0.3 is 0 Å². The highest BCUT2D eigenvalue weighted by Crippen LogP contribution is 2.09. The minimum absolute atomic E-state index is 0.0857. The van der Waals surface area contributed by atoms with E-state index in [0.717, 1.165) is 5.56 Å². The molecule has 1 rings (SSSR count). The summed E-state index contributed by atoms with van der Waals surface area (Å²) in [6.07, 6.45) is 0. The molecule has 0 saturated carbocycles. The Morgan fingerprint density at radius 3 is 2.21 bits per heavy atom. The van der Waals surface area contributed by atoms with Crippen molar-refractivity contribution in [3.05, 3.63) is 35.9 Å². The topological polar surface area (TPSA) is 29.1 Å². The molecule has 1 aromatic rings. The van der Waals surface area contributed by atoms with Crippen molar-refractivity contribution in [1.29, 1.82) is 0 Å². The maximum Gasteiger partial charge on any atom is 0.179 e. The summed E-state index contributed by atoms with van der Waals surface area (Å²) in [7, 11) is 1.82. The molecule has 1 N–H and O–H groups in total. The number of likely N-dealkylation sites (N-methyl/N-ethyl adjacent to an activating group) is 1. The van der Waals surface area contributed by atoms with Crippen LogP contribution in [0.2, 0.25) is 0 Å². The van der Waals surface area contributed by atoms with E-state index in [1.54, 1.807) is 0 Å². The number of benzene rings is 1. The molecule has 0 radical (unpaired) electrons. The van der Waals surface area contributed by atoms with Gasteiger partial charge in [0, 0.05) is 5.56 Å². The molecule has 0 heterocycles. The number of hydrogen-bond acceptors (Lipinski definition) is 2. The van der Waals surface area contributed by atoms with E-state index in [0.29, 0.717) is 5.92 Å². The van der Waals surface area contributed by atoms with Crippen molar-refractivity contribution in [2.45, 2.75) is 19.9 Å². The van der Waals surface area contributed by atoms with Crippen LogP contribution in [-0.4, -0.2) is 18.9 Å². The van der Waals surface area contributed by atoms with Crippen molar-refractivity contribution < 1.29 is 4.79 Å². The second kappa shape index (κ2) is 4.91. The van der Waals surface area contributed by atoms with Gasteiger partial charge in [-0.1, -0.05) is 44.2 Å². The summed E-state index contributed by atoms with van der Waals surface area (Å²) in [5, 5.41) is 3.05. The summed E-state index contributed by atoms with van der Waals surface area (Å²) < 4.78 is 0. The average Bonchev–Trinajstić information content (AvgIpc) is 2.19. The molecule has 14 heavy (non-hydrogen) atoms. The highest BCUT2D eigenvalue weighted by molar-refractivity contribution is 6.00. The Hall–Kier alpha value is -1.15. The normalized spacial score (nSPS) is 12.9. The van der Waals surface area contributed by atoms with E-state index in [9.17, 15) is 4.79 Å². The number of rotatable bonds is 4. The summed E-state index contributed by atoms with van der Waals surface area (Å²) in [6, 6.07) is 9.32. The van der Waals surface area contributed by atoms with Crippen LogP contribution in [0.5, 0.6) is 0 Å². The van der Waals surface area contributed by atoms with Crippen molar-refractivity contribution in [3.8, 4) is 0 Å². The van der Waals surface area contributed by atoms with Gasteiger partial charge in [-0.05, 0) is 13.0 Å². The number of nitrogens with one attached hydrogen (secondary N) is 1. The molecule has 0 saturated heterocycles. The molecule has 0 spiro atoms. The van der Waals surface area contributed by atoms with Gasteiger partial charge in [-0.15, -0.1) is 0 Å². The van der Waals surface area contributed by atoms with Crippen LogP contribution in [0.15, 0.2) is 30.3 Å². The summed E-state index contributed by atoms with van der Waals surface area (Å²) in [5.74, 6) is 0.482. The van der Waals surface area contributed by atoms with Gasteiger partial charge in [-0.3, -0.25) is 4.79 Å². The molecule has 0 aliphatic rings. The summed E-state index contributed by atoms with van der Waals surface area (Å²) >= 11 is 0. The van der Waals surface area contributed by atoms with Crippen molar-refractivity contribution in [2.75, 3.05) is 7.05 Å². The number of Topliss-reactive ketones (excluding diaryl/α,β-unsaturated/α-hetero) is 1. The highest BCUT2D eigenvalue weighted by Gasteiger charge is 2.20. The number of carbonyl (C=O) groups is 1. The lowest BCUT2D eigenvalue weighted by Crippen LogP contribution is -2.38. The number of carbonyl (C=O) groups excluding carboxylic acids is 1. The van der Waals surface area contributed by atoms with Gasteiger partial charge in [0.25, 0.3) is 0 Å². The zero-order valence-electron chi connectivity index (χ0n) is 8.95. The lowest BCUT2D eigenvalue weighted by atomic mass is 9.95. The third-order valence-corrected chi connectivity index (χ3v) is 2.32. The zero-order chi connectivity index (χ0) is 10.6. The smallest absolute Gasteiger partial charge is 0.179 e. The maximum atomic E-state index is 12.0. The SMILES string of the molecule is CN[C@H](C(=O)c1ccccc1)C(C)C. The van der Waals surface area contributed by atoms with E-state index in [1.165, 1.54) is 0 Å². The van der Waals surface area contributed by atoms with Crippen LogP contribution in [0.1, 0.15) is 24.2 Å². The summed E-state index contributed by atoms with van der Waals surface area (Å²) in [4.78, 5) is 12.0. The molecule has 0 bridgehead atoms. The van der Waals surface area contributed by atoms with Crippen LogP contribution in [-0.2, 0) is 0 Å². The molecule has 0 aliphatic carbocycles. The van der Waals surface area contributed by atoms with E-state index in [-0.39, 0.29) is 11.8 Å². The van der Waals surface area contributed by atoms with Crippen LogP contribution < -0.4 is 5.32 Å². The first-order valence-corrected chi connectivity index (χ1v) is 4.93. The van der Waals surface area contributed by atoms with E-state index < -0.39 is 0 Å².